The molecule has 0 amide bonds. The first-order valence-corrected chi connectivity index (χ1v) is 11.0. The molecule has 1 aliphatic heterocycles. The molecular formula is C19H15F2IN4S. The number of rotatable bonds is 2. The zero-order chi connectivity index (χ0) is 18.7. The molecule has 0 fully saturated rings. The Labute approximate surface area is 172 Å². The van der Waals surface area contributed by atoms with Crippen LogP contribution in [-0.2, 0) is 19.4 Å². The van der Waals surface area contributed by atoms with Crippen LogP contribution in [0.3, 0.4) is 0 Å². The van der Waals surface area contributed by atoms with Crippen molar-refractivity contribution in [2.45, 2.75) is 26.3 Å². The average Bonchev–Trinajstić information content (AvgIpc) is 3.27. The Morgan fingerprint density at radius 3 is 2.70 bits per heavy atom. The molecule has 1 aliphatic carbocycles. The van der Waals surface area contributed by atoms with Gasteiger partial charge in [-0.2, -0.15) is 0 Å². The Kier molecular flexibility index (Phi) is 4.15. The molecule has 2 aromatic heterocycles. The normalized spacial score (nSPS) is 17.9. The molecule has 0 saturated carbocycles. The molecule has 3 heterocycles. The van der Waals surface area contributed by atoms with Crippen molar-refractivity contribution in [2.75, 3.05) is 4.43 Å². The fourth-order valence-electron chi connectivity index (χ4n) is 3.94. The second-order valence-corrected chi connectivity index (χ2v) is 8.84. The van der Waals surface area contributed by atoms with Crippen LogP contribution < -0.4 is 0 Å². The third kappa shape index (κ3) is 2.60. The monoisotopic (exact) mass is 496 g/mol. The highest BCUT2D eigenvalue weighted by Gasteiger charge is 2.35. The lowest BCUT2D eigenvalue weighted by Crippen LogP contribution is -2.13. The van der Waals surface area contributed by atoms with Crippen LogP contribution in [0.2, 0.25) is 0 Å². The smallest absolute Gasteiger partial charge is 0.160 e. The third-order valence-electron chi connectivity index (χ3n) is 5.17. The maximum atomic E-state index is 14.6. The molecule has 8 heteroatoms. The predicted octanol–water partition coefficient (Wildman–Crippen LogP) is 4.42. The number of aliphatic imine (C=N–C) groups is 1. The van der Waals surface area contributed by atoms with Crippen LogP contribution in [-0.4, -0.2) is 24.9 Å². The number of fused-ring (bicyclic) bond motifs is 5. The molecule has 0 saturated heterocycles. The number of nitrogens with zero attached hydrogens (tertiary/aromatic N) is 4. The zero-order valence-corrected chi connectivity index (χ0v) is 17.4. The summed E-state index contributed by atoms with van der Waals surface area (Å²) in [6.07, 6.45) is 1.91. The average molecular weight is 496 g/mol. The van der Waals surface area contributed by atoms with Gasteiger partial charge < -0.3 is 0 Å². The predicted molar refractivity (Wildman–Crippen MR) is 109 cm³/mol. The lowest BCUT2D eigenvalue weighted by atomic mass is 9.97. The molecular weight excluding hydrogens is 481 g/mol. The number of halogens is 3. The topological polar surface area (TPSA) is 43.1 Å². The highest BCUT2D eigenvalue weighted by atomic mass is 127. The molecule has 3 aromatic rings. The van der Waals surface area contributed by atoms with E-state index in [-0.39, 0.29) is 12.1 Å². The Hall–Kier alpha value is -1.68. The largest absolute Gasteiger partial charge is 0.276 e. The summed E-state index contributed by atoms with van der Waals surface area (Å²) in [6.45, 7) is 2.14. The van der Waals surface area contributed by atoms with Gasteiger partial charge in [0.1, 0.15) is 29.0 Å². The van der Waals surface area contributed by atoms with Crippen molar-refractivity contribution in [3.05, 3.63) is 63.0 Å². The van der Waals surface area contributed by atoms with Crippen LogP contribution in [0.1, 0.15) is 33.2 Å². The number of aromatic nitrogens is 3. The van der Waals surface area contributed by atoms with Crippen LogP contribution >= 0.6 is 33.9 Å². The minimum absolute atomic E-state index is 0.0476. The fraction of sp³-hybridized carbons (Fsp3) is 0.316. The summed E-state index contributed by atoms with van der Waals surface area (Å²) in [4.78, 5) is 5.91. The molecule has 1 unspecified atom stereocenters. The molecule has 0 N–H and O–H groups in total. The van der Waals surface area contributed by atoms with Gasteiger partial charge in [0.2, 0.25) is 0 Å². The molecule has 0 spiro atoms. The summed E-state index contributed by atoms with van der Waals surface area (Å²) in [5, 5.41) is 9.35. The second kappa shape index (κ2) is 6.44. The zero-order valence-electron chi connectivity index (χ0n) is 14.5. The summed E-state index contributed by atoms with van der Waals surface area (Å²) < 4.78 is 32.3. The quantitative estimate of drug-likeness (QED) is 0.390. The number of thiophene rings is 1. The van der Waals surface area contributed by atoms with Gasteiger partial charge in [-0.25, -0.2) is 8.78 Å². The van der Waals surface area contributed by atoms with Crippen molar-refractivity contribution in [3.8, 4) is 5.00 Å². The molecule has 2 aliphatic rings. The van der Waals surface area contributed by atoms with Crippen LogP contribution in [0.4, 0.5) is 8.78 Å². The molecule has 1 atom stereocenters. The Morgan fingerprint density at radius 2 is 1.96 bits per heavy atom. The first-order valence-electron chi connectivity index (χ1n) is 8.69. The summed E-state index contributed by atoms with van der Waals surface area (Å²) in [5.74, 6) is 0.858. The first kappa shape index (κ1) is 17.4. The lowest BCUT2D eigenvalue weighted by Gasteiger charge is -2.12. The van der Waals surface area contributed by atoms with Crippen molar-refractivity contribution in [1.82, 2.24) is 14.8 Å². The Morgan fingerprint density at radius 1 is 1.19 bits per heavy atom. The van der Waals surface area contributed by atoms with Gasteiger partial charge in [0.15, 0.2) is 5.82 Å². The van der Waals surface area contributed by atoms with Gasteiger partial charge in [0.05, 0.1) is 11.3 Å². The maximum absolute atomic E-state index is 14.6. The van der Waals surface area contributed by atoms with Crippen LogP contribution in [0, 0.1) is 24.5 Å². The minimum atomic E-state index is -0.586. The molecule has 0 bridgehead atoms. The molecule has 138 valence electrons. The second-order valence-electron chi connectivity index (χ2n) is 6.87. The molecule has 4 nitrogen and oxygen atoms in total. The highest BCUT2D eigenvalue weighted by Crippen LogP contribution is 2.43. The van der Waals surface area contributed by atoms with Gasteiger partial charge in [-0.1, -0.05) is 28.7 Å². The van der Waals surface area contributed by atoms with Crippen molar-refractivity contribution in [3.63, 3.8) is 0 Å². The van der Waals surface area contributed by atoms with Crippen molar-refractivity contribution in [1.29, 1.82) is 0 Å². The lowest BCUT2D eigenvalue weighted by molar-refractivity contribution is 0.579. The van der Waals surface area contributed by atoms with E-state index in [1.807, 2.05) is 11.5 Å². The van der Waals surface area contributed by atoms with Crippen LogP contribution in [0.5, 0.6) is 0 Å². The van der Waals surface area contributed by atoms with E-state index in [1.165, 1.54) is 28.6 Å². The fourth-order valence-corrected chi connectivity index (χ4v) is 6.08. The maximum Gasteiger partial charge on any atom is 0.160 e. The first-order chi connectivity index (χ1) is 13.1. The van der Waals surface area contributed by atoms with E-state index in [4.69, 9.17) is 0 Å². The third-order valence-corrected chi connectivity index (χ3v) is 7.65. The van der Waals surface area contributed by atoms with Gasteiger partial charge in [0.25, 0.3) is 0 Å². The summed E-state index contributed by atoms with van der Waals surface area (Å²) >= 11 is 4.09. The minimum Gasteiger partial charge on any atom is -0.276 e. The summed E-state index contributed by atoms with van der Waals surface area (Å²) in [6, 6.07) is 3.96. The van der Waals surface area contributed by atoms with E-state index in [1.54, 1.807) is 11.3 Å². The van der Waals surface area contributed by atoms with Crippen molar-refractivity contribution < 1.29 is 8.78 Å². The summed E-state index contributed by atoms with van der Waals surface area (Å²) in [5.41, 5.74) is 2.39. The molecule has 5 rings (SSSR count). The highest BCUT2D eigenvalue weighted by molar-refractivity contribution is 14.1. The van der Waals surface area contributed by atoms with Gasteiger partial charge >= 0.3 is 0 Å². The number of hydrogen-bond donors (Lipinski definition) is 0. The molecule has 1 aromatic carbocycles. The van der Waals surface area contributed by atoms with Crippen molar-refractivity contribution in [2.24, 2.45) is 10.9 Å². The number of benzene rings is 1. The van der Waals surface area contributed by atoms with Gasteiger partial charge in [-0.15, -0.1) is 21.5 Å². The van der Waals surface area contributed by atoms with Crippen LogP contribution in [0.25, 0.3) is 5.00 Å². The van der Waals surface area contributed by atoms with Gasteiger partial charge in [-0.3, -0.25) is 9.56 Å². The standard InChI is InChI=1S/C19H15F2IN4S/c1-9-24-25-15-8-23-18(17-12(20)3-2-4-13(17)21)16-11-5-10(7-22)6-14(11)27-19(16)26(9)15/h2-4,10H,5-8H2,1H3. The summed E-state index contributed by atoms with van der Waals surface area (Å²) in [7, 11) is 0. The van der Waals surface area contributed by atoms with Crippen LogP contribution in [0.15, 0.2) is 23.2 Å². The number of hydrogen-bond acceptors (Lipinski definition) is 4. The SMILES string of the molecule is Cc1nnc2n1-c1sc3c(c1C(c1c(F)cccc1F)=NC2)CC(CI)C3. The van der Waals surface area contributed by atoms with E-state index >= 15 is 0 Å². The number of alkyl halides is 1. The Bertz CT molecular complexity index is 1080. The Balaban J connectivity index is 1.80. The van der Waals surface area contributed by atoms with Gasteiger partial charge in [-0.05, 0) is 43.4 Å². The van der Waals surface area contributed by atoms with Gasteiger partial charge in [0, 0.05) is 14.9 Å². The van der Waals surface area contributed by atoms with E-state index in [2.05, 4.69) is 37.8 Å². The molecule has 0 radical (unpaired) electrons. The van der Waals surface area contributed by atoms with E-state index in [9.17, 15) is 8.78 Å². The molecule has 27 heavy (non-hydrogen) atoms. The number of aryl methyl sites for hydroxylation is 1. The van der Waals surface area contributed by atoms with E-state index in [0.717, 1.165) is 33.7 Å². The van der Waals surface area contributed by atoms with E-state index < -0.39 is 11.6 Å². The van der Waals surface area contributed by atoms with E-state index in [0.29, 0.717) is 17.5 Å². The van der Waals surface area contributed by atoms with Crippen molar-refractivity contribution >= 4 is 39.6 Å².